The van der Waals surface area contributed by atoms with Crippen LogP contribution in [0, 0.1) is 0 Å². The van der Waals surface area contributed by atoms with Crippen LogP contribution in [0.5, 0.6) is 0 Å². The van der Waals surface area contributed by atoms with E-state index in [2.05, 4.69) is 188 Å². The lowest BCUT2D eigenvalue weighted by Crippen LogP contribution is -2.00. The number of fused-ring (bicyclic) bond motifs is 6. The molecule has 1 heterocycles. The predicted octanol–water partition coefficient (Wildman–Crippen LogP) is 13.0. The van der Waals surface area contributed by atoms with Crippen LogP contribution < -0.4 is 0 Å². The van der Waals surface area contributed by atoms with Crippen LogP contribution in [0.25, 0.3) is 78.9 Å². The highest BCUT2D eigenvalue weighted by atomic mass is 14.9. The highest BCUT2D eigenvalue weighted by Crippen LogP contribution is 2.44. The first-order chi connectivity index (χ1) is 26.7. The van der Waals surface area contributed by atoms with E-state index in [-0.39, 0.29) is 0 Å². The van der Waals surface area contributed by atoms with E-state index in [1.807, 2.05) is 6.07 Å². The molecule has 2 aliphatic rings. The standard InChI is InChI=1S/C52H36N2/c1-4-15-35(16-5-1)42-31-43(36-17-6-2-7-18-36)33-45(32-42)50-49-34-44-30-40(27-28-48(44)51(49)54-52(53-50)38-20-8-3-9-21-38)39-24-14-23-37-19-10-12-25-46(37)47-26-13-11-22-41(47)29-39/h1-22,24-33H,23,34H2/b24-14-,39-29+. The second-order valence-electron chi connectivity index (χ2n) is 14.1. The fourth-order valence-electron chi connectivity index (χ4n) is 8.07. The molecule has 0 amide bonds. The first-order valence-corrected chi connectivity index (χ1v) is 18.7. The largest absolute Gasteiger partial charge is 0.228 e. The Labute approximate surface area is 316 Å². The minimum atomic E-state index is 0.741. The zero-order valence-electron chi connectivity index (χ0n) is 29.8. The van der Waals surface area contributed by atoms with Crippen molar-refractivity contribution in [2.75, 3.05) is 0 Å². The lowest BCUT2D eigenvalue weighted by atomic mass is 9.93. The Balaban J connectivity index is 1.13. The van der Waals surface area contributed by atoms with Gasteiger partial charge in [0.15, 0.2) is 5.82 Å². The first-order valence-electron chi connectivity index (χ1n) is 18.7. The second kappa shape index (κ2) is 13.6. The van der Waals surface area contributed by atoms with Crippen molar-refractivity contribution in [1.82, 2.24) is 9.97 Å². The Morgan fingerprint density at radius 2 is 0.981 bits per heavy atom. The summed E-state index contributed by atoms with van der Waals surface area (Å²) in [5.41, 5.74) is 20.0. The third-order valence-electron chi connectivity index (χ3n) is 10.7. The van der Waals surface area contributed by atoms with Crippen molar-refractivity contribution in [2.45, 2.75) is 12.8 Å². The van der Waals surface area contributed by atoms with Crippen LogP contribution in [-0.4, -0.2) is 9.97 Å². The van der Waals surface area contributed by atoms with Crippen LogP contribution in [0.3, 0.4) is 0 Å². The fourth-order valence-corrected chi connectivity index (χ4v) is 8.07. The molecule has 2 aliphatic carbocycles. The van der Waals surface area contributed by atoms with E-state index in [1.165, 1.54) is 72.3 Å². The average Bonchev–Trinajstić information content (AvgIpc) is 3.65. The van der Waals surface area contributed by atoms with E-state index in [1.54, 1.807) is 0 Å². The summed E-state index contributed by atoms with van der Waals surface area (Å²) in [7, 11) is 0. The SMILES string of the molecule is C1=C\C(c2ccc3c(c2)Cc2c(-c4cc(-c5ccccc5)cc(-c5ccccc5)c4)nc(-c4ccccc4)nc2-3)=C/c2ccccc2-c2ccccc2C/1. The van der Waals surface area contributed by atoms with Crippen molar-refractivity contribution >= 4 is 11.6 Å². The van der Waals surface area contributed by atoms with Crippen molar-refractivity contribution in [2.24, 2.45) is 0 Å². The van der Waals surface area contributed by atoms with E-state index in [9.17, 15) is 0 Å². The zero-order valence-corrected chi connectivity index (χ0v) is 29.8. The molecule has 0 atom stereocenters. The van der Waals surface area contributed by atoms with Gasteiger partial charge in [0.2, 0.25) is 0 Å². The smallest absolute Gasteiger partial charge is 0.160 e. The number of hydrogen-bond acceptors (Lipinski definition) is 2. The molecule has 7 aromatic carbocycles. The van der Waals surface area contributed by atoms with E-state index in [0.717, 1.165) is 41.2 Å². The van der Waals surface area contributed by atoms with Crippen LogP contribution in [0.2, 0.25) is 0 Å². The molecule has 10 rings (SSSR count). The molecule has 8 aromatic rings. The number of allylic oxidation sites excluding steroid dienone is 3. The molecule has 0 unspecified atom stereocenters. The molecule has 0 saturated carbocycles. The molecule has 2 nitrogen and oxygen atoms in total. The Bertz CT molecular complexity index is 2680. The molecule has 0 spiro atoms. The number of nitrogens with zero attached hydrogens (tertiary/aromatic N) is 2. The van der Waals surface area contributed by atoms with Gasteiger partial charge in [-0.05, 0) is 91.9 Å². The molecule has 2 heteroatoms. The Morgan fingerprint density at radius 3 is 1.70 bits per heavy atom. The molecule has 54 heavy (non-hydrogen) atoms. The van der Waals surface area contributed by atoms with Gasteiger partial charge < -0.3 is 0 Å². The molecule has 1 aromatic heterocycles. The van der Waals surface area contributed by atoms with Crippen molar-refractivity contribution in [1.29, 1.82) is 0 Å². The van der Waals surface area contributed by atoms with Gasteiger partial charge in [-0.1, -0.05) is 170 Å². The Morgan fingerprint density at radius 1 is 0.389 bits per heavy atom. The minimum Gasteiger partial charge on any atom is -0.228 e. The quantitative estimate of drug-likeness (QED) is 0.180. The van der Waals surface area contributed by atoms with Gasteiger partial charge in [-0.25, -0.2) is 9.97 Å². The number of aromatic nitrogens is 2. The first kappa shape index (κ1) is 31.8. The number of hydrogen-bond donors (Lipinski definition) is 0. The van der Waals surface area contributed by atoms with E-state index in [0.29, 0.717) is 0 Å². The molecular formula is C52H36N2. The normalized spacial score (nSPS) is 14.3. The van der Waals surface area contributed by atoms with Gasteiger partial charge in [-0.2, -0.15) is 0 Å². The van der Waals surface area contributed by atoms with Gasteiger partial charge in [0.05, 0.1) is 11.4 Å². The van der Waals surface area contributed by atoms with Crippen LogP contribution in [0.15, 0.2) is 188 Å². The summed E-state index contributed by atoms with van der Waals surface area (Å²) in [5, 5.41) is 0. The molecule has 254 valence electrons. The monoisotopic (exact) mass is 688 g/mol. The summed E-state index contributed by atoms with van der Waals surface area (Å²) in [5.74, 6) is 0.741. The third-order valence-corrected chi connectivity index (χ3v) is 10.7. The van der Waals surface area contributed by atoms with Crippen molar-refractivity contribution in [3.8, 4) is 67.3 Å². The molecule has 0 radical (unpaired) electrons. The van der Waals surface area contributed by atoms with Crippen LogP contribution >= 0.6 is 0 Å². The summed E-state index contributed by atoms with van der Waals surface area (Å²) in [6.07, 6.45) is 8.58. The molecule has 0 bridgehead atoms. The van der Waals surface area contributed by atoms with Crippen LogP contribution in [0.1, 0.15) is 27.8 Å². The number of rotatable bonds is 5. The maximum atomic E-state index is 5.39. The van der Waals surface area contributed by atoms with Crippen molar-refractivity contribution in [3.63, 3.8) is 0 Å². The van der Waals surface area contributed by atoms with Gasteiger partial charge in [0, 0.05) is 28.7 Å². The summed E-state index contributed by atoms with van der Waals surface area (Å²) >= 11 is 0. The molecule has 0 N–H and O–H groups in total. The Hall–Kier alpha value is -6.90. The molecule has 0 fully saturated rings. The van der Waals surface area contributed by atoms with Gasteiger partial charge in [0.25, 0.3) is 0 Å². The summed E-state index contributed by atoms with van der Waals surface area (Å²) < 4.78 is 0. The molecular weight excluding hydrogens is 653 g/mol. The maximum absolute atomic E-state index is 5.39. The van der Waals surface area contributed by atoms with Gasteiger partial charge >= 0.3 is 0 Å². The summed E-state index contributed by atoms with van der Waals surface area (Å²) in [4.78, 5) is 10.7. The Kier molecular flexibility index (Phi) is 8.00. The van der Waals surface area contributed by atoms with Gasteiger partial charge in [-0.15, -0.1) is 0 Å². The fraction of sp³-hybridized carbons (Fsp3) is 0.0385. The topological polar surface area (TPSA) is 25.8 Å². The van der Waals surface area contributed by atoms with Crippen molar-refractivity contribution in [3.05, 3.63) is 216 Å². The highest BCUT2D eigenvalue weighted by Gasteiger charge is 2.27. The third kappa shape index (κ3) is 5.88. The number of benzene rings is 7. The minimum absolute atomic E-state index is 0.741. The maximum Gasteiger partial charge on any atom is 0.160 e. The van der Waals surface area contributed by atoms with Gasteiger partial charge in [-0.3, -0.25) is 0 Å². The summed E-state index contributed by atoms with van der Waals surface area (Å²) in [6, 6.07) is 63.0. The lowest BCUT2D eigenvalue weighted by molar-refractivity contribution is 1.13. The summed E-state index contributed by atoms with van der Waals surface area (Å²) in [6.45, 7) is 0. The van der Waals surface area contributed by atoms with Crippen LogP contribution in [-0.2, 0) is 12.8 Å². The van der Waals surface area contributed by atoms with Crippen LogP contribution in [0.4, 0.5) is 0 Å². The molecule has 0 aliphatic heterocycles. The lowest BCUT2D eigenvalue weighted by Gasteiger charge is -2.14. The van der Waals surface area contributed by atoms with E-state index < -0.39 is 0 Å². The van der Waals surface area contributed by atoms with E-state index >= 15 is 0 Å². The van der Waals surface area contributed by atoms with E-state index in [4.69, 9.17) is 9.97 Å². The molecule has 0 saturated heterocycles. The second-order valence-corrected chi connectivity index (χ2v) is 14.1. The highest BCUT2D eigenvalue weighted by molar-refractivity contribution is 5.94. The zero-order chi connectivity index (χ0) is 35.8. The van der Waals surface area contributed by atoms with Gasteiger partial charge in [0.1, 0.15) is 0 Å². The van der Waals surface area contributed by atoms with Crippen molar-refractivity contribution < 1.29 is 0 Å². The predicted molar refractivity (Wildman–Crippen MR) is 225 cm³/mol. The average molecular weight is 689 g/mol.